The number of rotatable bonds is 6. The molecule has 8 heteroatoms. The molecule has 31 heavy (non-hydrogen) atoms. The molecule has 1 heterocycles. The Morgan fingerprint density at radius 2 is 1.65 bits per heavy atom. The monoisotopic (exact) mass is 568 g/mol. The molecule has 2 aromatic rings. The quantitative estimate of drug-likeness (QED) is 0.235. The molecule has 1 aliphatic rings. The van der Waals surface area contributed by atoms with Crippen LogP contribution in [0, 0.1) is 39.8 Å². The molecule has 0 saturated carbocycles. The zero-order valence-corrected chi connectivity index (χ0v) is 22.7. The number of halogens is 2. The van der Waals surface area contributed by atoms with E-state index in [0.717, 1.165) is 29.9 Å². The first-order valence-electron chi connectivity index (χ1n) is 9.62. The topological polar surface area (TPSA) is 18.5 Å². The van der Waals surface area contributed by atoms with Gasteiger partial charge in [0.25, 0.3) is 0 Å². The maximum absolute atomic E-state index is 13.2. The van der Waals surface area contributed by atoms with E-state index >= 15 is 0 Å². The van der Waals surface area contributed by atoms with Crippen LogP contribution in [0.15, 0.2) is 30.3 Å². The van der Waals surface area contributed by atoms with Crippen LogP contribution >= 0.6 is 33.6 Å². The number of hydrogen-bond acceptors (Lipinski definition) is 5. The summed E-state index contributed by atoms with van der Waals surface area (Å²) in [7, 11) is 4.57. The van der Waals surface area contributed by atoms with Crippen molar-refractivity contribution in [1.82, 2.24) is 8.61 Å². The fourth-order valence-electron chi connectivity index (χ4n) is 3.26. The number of nitrogens with one attached hydrogen (secondary N) is 1. The van der Waals surface area contributed by atoms with Crippen molar-refractivity contribution in [3.05, 3.63) is 77.2 Å². The second-order valence-electron chi connectivity index (χ2n) is 6.90. The Balaban J connectivity index is 0.000000365. The summed E-state index contributed by atoms with van der Waals surface area (Å²) in [4.78, 5) is 0. The number of hydrogen-bond donors (Lipinski definition) is 1. The molecule has 2 aromatic carbocycles. The molecule has 3 rings (SSSR count). The Morgan fingerprint density at radius 3 is 2.10 bits per heavy atom. The number of aryl methyl sites for hydroxylation is 3. The van der Waals surface area contributed by atoms with Crippen LogP contribution in [0.4, 0.5) is 10.1 Å². The summed E-state index contributed by atoms with van der Waals surface area (Å²) >= 11 is 5.37. The molecule has 0 radical (unpaired) electrons. The first-order chi connectivity index (χ1) is 14.9. The summed E-state index contributed by atoms with van der Waals surface area (Å²) in [6.07, 6.45) is 5.63. The predicted molar refractivity (Wildman–Crippen MR) is 134 cm³/mol. The minimum absolute atomic E-state index is 0.270. The molecular weight excluding hydrogens is 538 g/mol. The SMILES string of the molecule is CSN1[CH-]N(SC)CC1.[CH-]=Cc1cc(F)ccc1CNc1c(C)cc(C)cc1C.[Cl][Ru+2]. The summed E-state index contributed by atoms with van der Waals surface area (Å²) in [6.45, 7) is 16.9. The third kappa shape index (κ3) is 9.45. The first-order valence-corrected chi connectivity index (χ1v) is 14.2. The van der Waals surface area contributed by atoms with Crippen LogP contribution in [0.5, 0.6) is 0 Å². The fraction of sp³-hybridized carbons (Fsp3) is 0.348. The fourth-order valence-corrected chi connectivity index (χ4v) is 4.26. The first kappa shape index (κ1) is 28.5. The van der Waals surface area contributed by atoms with Crippen molar-refractivity contribution >= 4 is 45.4 Å². The van der Waals surface area contributed by atoms with E-state index in [1.54, 1.807) is 30.0 Å². The number of nitrogens with zero attached hydrogens (tertiary/aromatic N) is 2. The summed E-state index contributed by atoms with van der Waals surface area (Å²) in [5.41, 5.74) is 6.50. The van der Waals surface area contributed by atoms with E-state index in [9.17, 15) is 4.39 Å². The molecule has 3 nitrogen and oxygen atoms in total. The molecule has 0 aliphatic carbocycles. The van der Waals surface area contributed by atoms with Crippen LogP contribution < -0.4 is 5.32 Å². The molecule has 1 saturated heterocycles. The van der Waals surface area contributed by atoms with Gasteiger partial charge in [-0.2, -0.15) is 12.2 Å². The molecule has 171 valence electrons. The third-order valence-corrected chi connectivity index (χ3v) is 6.18. The van der Waals surface area contributed by atoms with E-state index in [2.05, 4.69) is 75.7 Å². The Bertz CT molecular complexity index is 805. The second-order valence-corrected chi connectivity index (χ2v) is 8.57. The molecular formula is C23H30ClFN3RuS2. The summed E-state index contributed by atoms with van der Waals surface area (Å²) < 4.78 is 17.6. The minimum atomic E-state index is -0.270. The molecule has 1 N–H and O–H groups in total. The van der Waals surface area contributed by atoms with Gasteiger partial charge in [-0.1, -0.05) is 23.8 Å². The normalized spacial score (nSPS) is 13.6. The Hall–Kier alpha value is -0.557. The Labute approximate surface area is 210 Å². The van der Waals surface area contributed by atoms with Crippen LogP contribution in [0.25, 0.3) is 6.08 Å². The van der Waals surface area contributed by atoms with E-state index in [0.29, 0.717) is 6.54 Å². The van der Waals surface area contributed by atoms with E-state index in [-0.39, 0.29) is 5.82 Å². The summed E-state index contributed by atoms with van der Waals surface area (Å²) in [5, 5.41) is 3.42. The average molecular weight is 568 g/mol. The van der Waals surface area contributed by atoms with Gasteiger partial charge in [0.1, 0.15) is 5.82 Å². The van der Waals surface area contributed by atoms with Crippen LogP contribution in [-0.2, 0) is 23.9 Å². The van der Waals surface area contributed by atoms with Crippen molar-refractivity contribution in [3.63, 3.8) is 0 Å². The summed E-state index contributed by atoms with van der Waals surface area (Å²) in [6, 6.07) is 8.97. The predicted octanol–water partition coefficient (Wildman–Crippen LogP) is 6.78. The molecule has 0 spiro atoms. The summed E-state index contributed by atoms with van der Waals surface area (Å²) in [5.74, 6) is -0.270. The van der Waals surface area contributed by atoms with Gasteiger partial charge in [0, 0.05) is 12.2 Å². The van der Waals surface area contributed by atoms with Crippen molar-refractivity contribution < 1.29 is 21.7 Å². The van der Waals surface area contributed by atoms with E-state index < -0.39 is 0 Å². The van der Waals surface area contributed by atoms with Gasteiger partial charge in [0.15, 0.2) is 0 Å². The van der Waals surface area contributed by atoms with Crippen molar-refractivity contribution in [2.75, 3.05) is 30.9 Å². The molecule has 1 fully saturated rings. The van der Waals surface area contributed by atoms with Crippen molar-refractivity contribution in [1.29, 1.82) is 0 Å². The van der Waals surface area contributed by atoms with Gasteiger partial charge in [-0.3, -0.25) is 6.58 Å². The van der Waals surface area contributed by atoms with Gasteiger partial charge in [-0.25, -0.2) is 10.5 Å². The van der Waals surface area contributed by atoms with Crippen LogP contribution in [0.2, 0.25) is 0 Å². The average Bonchev–Trinajstić information content (AvgIpc) is 3.24. The van der Waals surface area contributed by atoms with Gasteiger partial charge in [-0.05, 0) is 63.6 Å². The van der Waals surface area contributed by atoms with E-state index in [4.69, 9.17) is 6.58 Å². The number of benzene rings is 2. The van der Waals surface area contributed by atoms with E-state index in [1.165, 1.54) is 34.9 Å². The molecule has 0 bridgehead atoms. The Morgan fingerprint density at radius 1 is 1.10 bits per heavy atom. The molecule has 0 atom stereocenters. The van der Waals surface area contributed by atoms with Crippen LogP contribution in [0.3, 0.4) is 0 Å². The van der Waals surface area contributed by atoms with Crippen molar-refractivity contribution in [2.45, 2.75) is 27.3 Å². The van der Waals surface area contributed by atoms with Crippen molar-refractivity contribution in [3.8, 4) is 0 Å². The zero-order valence-electron chi connectivity index (χ0n) is 18.6. The van der Waals surface area contributed by atoms with Crippen LogP contribution in [-0.4, -0.2) is 34.2 Å². The van der Waals surface area contributed by atoms with Gasteiger partial charge < -0.3 is 13.9 Å². The van der Waals surface area contributed by atoms with Gasteiger partial charge in [0.2, 0.25) is 0 Å². The maximum atomic E-state index is 13.2. The molecule has 1 aliphatic heterocycles. The Kier molecular flexibility index (Phi) is 14.1. The van der Waals surface area contributed by atoms with Gasteiger partial charge in [-0.15, -0.1) is 35.5 Å². The van der Waals surface area contributed by atoms with Gasteiger partial charge >= 0.3 is 27.0 Å². The molecule has 0 aromatic heterocycles. The standard InChI is InChI=1S/C18H19FN.C5H11N2S2.ClH.Ru/c1-5-15-10-17(19)7-6-16(15)11-20-18-13(3)8-12(2)9-14(18)4;1-8-6-3-4-7(5-6)9-2;;/h1,5-10,20H,11H2,2-4H3;5H,3-4H2,1-2H3;1H;/q2*-1;;+3/p-1. The van der Waals surface area contributed by atoms with Gasteiger partial charge in [0.05, 0.1) is 0 Å². The number of anilines is 1. The molecule has 0 amide bonds. The third-order valence-electron chi connectivity index (χ3n) is 4.69. The second kappa shape index (κ2) is 15.3. The van der Waals surface area contributed by atoms with E-state index in [1.807, 2.05) is 17.3 Å². The molecule has 0 unspecified atom stereocenters. The zero-order chi connectivity index (χ0) is 23.4. The van der Waals surface area contributed by atoms with Crippen LogP contribution in [0.1, 0.15) is 27.8 Å². The van der Waals surface area contributed by atoms with Crippen molar-refractivity contribution in [2.24, 2.45) is 0 Å².